The Morgan fingerprint density at radius 2 is 2.30 bits per heavy atom. The molecule has 0 aromatic carbocycles. The van der Waals surface area contributed by atoms with Gasteiger partial charge in [0, 0.05) is 19.1 Å². The first kappa shape index (κ1) is 15.3. The Morgan fingerprint density at radius 1 is 1.55 bits per heavy atom. The lowest BCUT2D eigenvalue weighted by Crippen LogP contribution is -2.45. The molecule has 1 aromatic rings. The van der Waals surface area contributed by atoms with Gasteiger partial charge in [-0.25, -0.2) is 0 Å². The van der Waals surface area contributed by atoms with Crippen LogP contribution < -0.4 is 4.74 Å². The second-order valence-electron chi connectivity index (χ2n) is 5.38. The SMILES string of the molecule is CCN1CCOC(C(O)c2c(OC)cnn2C(C)C)C1. The van der Waals surface area contributed by atoms with E-state index in [2.05, 4.69) is 16.9 Å². The average molecular weight is 283 g/mol. The maximum atomic E-state index is 10.7. The highest BCUT2D eigenvalue weighted by Crippen LogP contribution is 2.31. The van der Waals surface area contributed by atoms with Crippen molar-refractivity contribution < 1.29 is 14.6 Å². The van der Waals surface area contributed by atoms with Crippen LogP contribution in [-0.2, 0) is 4.74 Å². The van der Waals surface area contributed by atoms with Crippen LogP contribution >= 0.6 is 0 Å². The molecule has 2 rings (SSSR count). The molecule has 0 aliphatic carbocycles. The third kappa shape index (κ3) is 2.97. The Labute approximate surface area is 120 Å². The molecule has 0 radical (unpaired) electrons. The van der Waals surface area contributed by atoms with E-state index in [9.17, 15) is 5.11 Å². The molecule has 0 amide bonds. The summed E-state index contributed by atoms with van der Waals surface area (Å²) in [7, 11) is 1.60. The van der Waals surface area contributed by atoms with Gasteiger partial charge in [0.05, 0.1) is 19.9 Å². The molecule has 20 heavy (non-hydrogen) atoms. The van der Waals surface area contributed by atoms with Gasteiger partial charge in [-0.3, -0.25) is 9.58 Å². The summed E-state index contributed by atoms with van der Waals surface area (Å²) in [6.45, 7) is 9.43. The van der Waals surface area contributed by atoms with Crippen LogP contribution in [0.5, 0.6) is 5.75 Å². The number of likely N-dealkylation sites (N-methyl/N-ethyl adjacent to an activating group) is 1. The van der Waals surface area contributed by atoms with Crippen molar-refractivity contribution in [1.82, 2.24) is 14.7 Å². The van der Waals surface area contributed by atoms with Crippen LogP contribution in [0, 0.1) is 0 Å². The maximum Gasteiger partial charge on any atom is 0.162 e. The van der Waals surface area contributed by atoms with Crippen molar-refractivity contribution in [3.8, 4) is 5.75 Å². The normalized spacial score (nSPS) is 22.2. The zero-order valence-electron chi connectivity index (χ0n) is 12.7. The van der Waals surface area contributed by atoms with Crippen LogP contribution in [0.25, 0.3) is 0 Å². The summed E-state index contributed by atoms with van der Waals surface area (Å²) in [5, 5.41) is 15.0. The summed E-state index contributed by atoms with van der Waals surface area (Å²) < 4.78 is 12.9. The fraction of sp³-hybridized carbons (Fsp3) is 0.786. The Kier molecular flexibility index (Phi) is 5.01. The molecule has 1 aliphatic rings. The van der Waals surface area contributed by atoms with Gasteiger partial charge in [0.25, 0.3) is 0 Å². The molecule has 6 heteroatoms. The second kappa shape index (κ2) is 6.56. The first-order valence-electron chi connectivity index (χ1n) is 7.21. The van der Waals surface area contributed by atoms with Gasteiger partial charge in [-0.05, 0) is 20.4 Å². The van der Waals surface area contributed by atoms with Crippen molar-refractivity contribution >= 4 is 0 Å². The van der Waals surface area contributed by atoms with Crippen LogP contribution in [0.3, 0.4) is 0 Å². The van der Waals surface area contributed by atoms with E-state index in [0.29, 0.717) is 18.1 Å². The second-order valence-corrected chi connectivity index (χ2v) is 5.38. The van der Waals surface area contributed by atoms with Gasteiger partial charge in [-0.1, -0.05) is 6.92 Å². The van der Waals surface area contributed by atoms with Gasteiger partial charge >= 0.3 is 0 Å². The number of ether oxygens (including phenoxy) is 2. The van der Waals surface area contributed by atoms with Gasteiger partial charge in [-0.2, -0.15) is 5.10 Å². The van der Waals surface area contributed by atoms with Crippen LogP contribution in [0.4, 0.5) is 0 Å². The molecular weight excluding hydrogens is 258 g/mol. The van der Waals surface area contributed by atoms with E-state index in [1.807, 2.05) is 13.8 Å². The van der Waals surface area contributed by atoms with E-state index < -0.39 is 6.10 Å². The lowest BCUT2D eigenvalue weighted by atomic mass is 10.1. The van der Waals surface area contributed by atoms with Gasteiger partial charge in [0.1, 0.15) is 17.9 Å². The van der Waals surface area contributed by atoms with Gasteiger partial charge in [0.2, 0.25) is 0 Å². The average Bonchev–Trinajstić information content (AvgIpc) is 2.90. The first-order chi connectivity index (χ1) is 9.58. The van der Waals surface area contributed by atoms with Gasteiger partial charge in [0.15, 0.2) is 5.75 Å². The Balaban J connectivity index is 2.23. The summed E-state index contributed by atoms with van der Waals surface area (Å²) in [6.07, 6.45) is 0.676. The fourth-order valence-corrected chi connectivity index (χ4v) is 2.59. The Bertz CT molecular complexity index is 433. The van der Waals surface area contributed by atoms with E-state index in [1.165, 1.54) is 0 Å². The standard InChI is InChI=1S/C14H25N3O3/c1-5-16-6-7-20-12(9-16)14(18)13-11(19-4)8-15-17(13)10(2)3/h8,10,12,14,18H,5-7,9H2,1-4H3. The molecular formula is C14H25N3O3. The molecule has 2 heterocycles. The van der Waals surface area contributed by atoms with E-state index in [1.54, 1.807) is 18.0 Å². The zero-order chi connectivity index (χ0) is 14.7. The number of morpholine rings is 1. The van der Waals surface area contributed by atoms with Gasteiger partial charge in [-0.15, -0.1) is 0 Å². The summed E-state index contributed by atoms with van der Waals surface area (Å²) in [5.74, 6) is 0.614. The third-order valence-electron chi connectivity index (χ3n) is 3.76. The predicted octanol–water partition coefficient (Wildman–Crippen LogP) is 1.23. The van der Waals surface area contributed by atoms with Crippen molar-refractivity contribution in [2.75, 3.05) is 33.4 Å². The molecule has 1 aliphatic heterocycles. The topological polar surface area (TPSA) is 59.8 Å². The van der Waals surface area contributed by atoms with Crippen LogP contribution in [0.15, 0.2) is 6.20 Å². The minimum atomic E-state index is -0.732. The van der Waals surface area contributed by atoms with E-state index >= 15 is 0 Å². The highest BCUT2D eigenvalue weighted by atomic mass is 16.5. The first-order valence-corrected chi connectivity index (χ1v) is 7.21. The number of methoxy groups -OCH3 is 1. The van der Waals surface area contributed by atoms with E-state index in [0.717, 1.165) is 19.6 Å². The Hall–Kier alpha value is -1.11. The molecule has 6 nitrogen and oxygen atoms in total. The number of hydrogen-bond acceptors (Lipinski definition) is 5. The summed E-state index contributed by atoms with van der Waals surface area (Å²) >= 11 is 0. The lowest BCUT2D eigenvalue weighted by Gasteiger charge is -2.35. The van der Waals surface area contributed by atoms with Crippen LogP contribution in [0.1, 0.15) is 38.6 Å². The number of aliphatic hydroxyl groups is 1. The van der Waals surface area contributed by atoms with E-state index in [4.69, 9.17) is 9.47 Å². The lowest BCUT2D eigenvalue weighted by molar-refractivity contribution is -0.0919. The van der Waals surface area contributed by atoms with Gasteiger partial charge < -0.3 is 14.6 Å². The predicted molar refractivity (Wildman–Crippen MR) is 76.0 cm³/mol. The highest BCUT2D eigenvalue weighted by molar-refractivity contribution is 5.28. The molecule has 114 valence electrons. The molecule has 2 unspecified atom stereocenters. The maximum absolute atomic E-state index is 10.7. The molecule has 1 fully saturated rings. The number of hydrogen-bond donors (Lipinski definition) is 1. The van der Waals surface area contributed by atoms with E-state index in [-0.39, 0.29) is 12.1 Å². The molecule has 0 spiro atoms. The molecule has 1 saturated heterocycles. The highest BCUT2D eigenvalue weighted by Gasteiger charge is 2.32. The Morgan fingerprint density at radius 3 is 2.90 bits per heavy atom. The smallest absolute Gasteiger partial charge is 0.162 e. The largest absolute Gasteiger partial charge is 0.493 e. The monoisotopic (exact) mass is 283 g/mol. The number of aliphatic hydroxyl groups excluding tert-OH is 1. The molecule has 2 atom stereocenters. The third-order valence-corrected chi connectivity index (χ3v) is 3.76. The summed E-state index contributed by atoms with van der Waals surface area (Å²) in [6, 6.07) is 0.161. The number of nitrogens with zero attached hydrogens (tertiary/aromatic N) is 3. The van der Waals surface area contributed by atoms with Crippen molar-refractivity contribution in [3.63, 3.8) is 0 Å². The van der Waals surface area contributed by atoms with Crippen LogP contribution in [-0.4, -0.2) is 59.2 Å². The quantitative estimate of drug-likeness (QED) is 0.880. The number of aromatic nitrogens is 2. The van der Waals surface area contributed by atoms with Crippen molar-refractivity contribution in [1.29, 1.82) is 0 Å². The fourth-order valence-electron chi connectivity index (χ4n) is 2.59. The van der Waals surface area contributed by atoms with Crippen molar-refractivity contribution in [2.24, 2.45) is 0 Å². The minimum Gasteiger partial charge on any atom is -0.493 e. The molecule has 1 aromatic heterocycles. The van der Waals surface area contributed by atoms with Crippen molar-refractivity contribution in [3.05, 3.63) is 11.9 Å². The summed E-state index contributed by atoms with van der Waals surface area (Å²) in [4.78, 5) is 2.28. The molecule has 1 N–H and O–H groups in total. The zero-order valence-corrected chi connectivity index (χ0v) is 12.7. The minimum absolute atomic E-state index is 0.161. The number of rotatable bonds is 5. The molecule has 0 saturated carbocycles. The summed E-state index contributed by atoms with van der Waals surface area (Å²) in [5.41, 5.74) is 0.699. The van der Waals surface area contributed by atoms with Crippen molar-refractivity contribution in [2.45, 2.75) is 39.0 Å². The van der Waals surface area contributed by atoms with Crippen LogP contribution in [0.2, 0.25) is 0 Å². The molecule has 0 bridgehead atoms.